The number of esters is 1. The molecule has 1 aliphatic rings. The predicted molar refractivity (Wildman–Crippen MR) is 119 cm³/mol. The Morgan fingerprint density at radius 3 is 2.44 bits per heavy atom. The van der Waals surface area contributed by atoms with E-state index in [4.69, 9.17) is 14.2 Å². The van der Waals surface area contributed by atoms with Crippen molar-refractivity contribution in [3.8, 4) is 11.5 Å². The van der Waals surface area contributed by atoms with Gasteiger partial charge in [-0.15, -0.1) is 24.0 Å². The number of halogens is 2. The van der Waals surface area contributed by atoms with Crippen molar-refractivity contribution in [2.24, 2.45) is 16.8 Å². The van der Waals surface area contributed by atoms with Crippen molar-refractivity contribution in [1.82, 2.24) is 10.2 Å². The quantitative estimate of drug-likeness (QED) is 0.261. The van der Waals surface area contributed by atoms with E-state index in [1.165, 1.54) is 7.11 Å². The van der Waals surface area contributed by atoms with Gasteiger partial charge in [-0.3, -0.25) is 9.79 Å². The minimum atomic E-state index is -0.168. The molecule has 0 radical (unpaired) electrons. The van der Waals surface area contributed by atoms with E-state index in [0.717, 1.165) is 22.5 Å². The Balaban J connectivity index is 0.00000364. The van der Waals surface area contributed by atoms with E-state index in [2.05, 4.69) is 38.1 Å². The summed E-state index contributed by atoms with van der Waals surface area (Å²) in [5.41, 5.74) is 1.01. The SMILES string of the molecule is CN=C(NCc1cc(OC)c(OC)cc1Br)N1CC(C)C(C(=O)OC)C1.I. The third-order valence-electron chi connectivity index (χ3n) is 4.62. The van der Waals surface area contributed by atoms with Crippen LogP contribution in [0.1, 0.15) is 12.5 Å². The summed E-state index contributed by atoms with van der Waals surface area (Å²) >= 11 is 3.56. The first-order valence-corrected chi connectivity index (χ1v) is 9.18. The van der Waals surface area contributed by atoms with Gasteiger partial charge in [-0.2, -0.15) is 0 Å². The van der Waals surface area contributed by atoms with E-state index in [-0.39, 0.29) is 41.8 Å². The summed E-state index contributed by atoms with van der Waals surface area (Å²) in [5, 5.41) is 3.35. The summed E-state index contributed by atoms with van der Waals surface area (Å²) in [5.74, 6) is 2.01. The molecule has 0 spiro atoms. The molecule has 9 heteroatoms. The fourth-order valence-electron chi connectivity index (χ4n) is 3.14. The van der Waals surface area contributed by atoms with Crippen LogP contribution in [-0.2, 0) is 16.1 Å². The van der Waals surface area contributed by atoms with Crippen molar-refractivity contribution < 1.29 is 19.0 Å². The number of carbonyl (C=O) groups is 1. The molecule has 0 aromatic heterocycles. The summed E-state index contributed by atoms with van der Waals surface area (Å²) in [6.45, 7) is 3.97. The number of guanidine groups is 1. The highest BCUT2D eigenvalue weighted by Gasteiger charge is 2.36. The molecular formula is C18H27BrIN3O4. The van der Waals surface area contributed by atoms with Gasteiger partial charge in [0, 0.05) is 31.2 Å². The third kappa shape index (κ3) is 5.63. The first-order valence-electron chi connectivity index (χ1n) is 8.38. The molecule has 0 bridgehead atoms. The average Bonchev–Trinajstić information content (AvgIpc) is 3.03. The van der Waals surface area contributed by atoms with Gasteiger partial charge in [0.1, 0.15) is 0 Å². The molecule has 0 aliphatic carbocycles. The molecule has 1 saturated heterocycles. The summed E-state index contributed by atoms with van der Waals surface area (Å²) in [7, 11) is 6.39. The van der Waals surface area contributed by atoms with Crippen LogP contribution in [0.5, 0.6) is 11.5 Å². The minimum absolute atomic E-state index is 0. The average molecular weight is 556 g/mol. The molecule has 2 atom stereocenters. The fourth-order valence-corrected chi connectivity index (χ4v) is 3.60. The Labute approximate surface area is 186 Å². The van der Waals surface area contributed by atoms with E-state index < -0.39 is 0 Å². The maximum absolute atomic E-state index is 11.9. The molecular weight excluding hydrogens is 529 g/mol. The molecule has 152 valence electrons. The molecule has 0 amide bonds. The molecule has 2 rings (SSSR count). The van der Waals surface area contributed by atoms with Gasteiger partial charge in [0.15, 0.2) is 17.5 Å². The Morgan fingerprint density at radius 2 is 1.89 bits per heavy atom. The van der Waals surface area contributed by atoms with Gasteiger partial charge in [0.25, 0.3) is 0 Å². The zero-order chi connectivity index (χ0) is 19.3. The van der Waals surface area contributed by atoms with Crippen molar-refractivity contribution in [1.29, 1.82) is 0 Å². The zero-order valence-electron chi connectivity index (χ0n) is 16.2. The molecule has 1 aromatic rings. The van der Waals surface area contributed by atoms with Crippen LogP contribution < -0.4 is 14.8 Å². The topological polar surface area (TPSA) is 72.4 Å². The van der Waals surface area contributed by atoms with Gasteiger partial charge in [-0.05, 0) is 23.6 Å². The lowest BCUT2D eigenvalue weighted by atomic mass is 9.99. The van der Waals surface area contributed by atoms with E-state index in [1.54, 1.807) is 21.3 Å². The number of nitrogens with one attached hydrogen (secondary N) is 1. The van der Waals surface area contributed by atoms with E-state index in [9.17, 15) is 4.79 Å². The standard InChI is InChI=1S/C18H26BrN3O4.HI/c1-11-9-22(10-13(11)17(23)26-5)18(20-2)21-8-12-6-15(24-3)16(25-4)7-14(12)19;/h6-7,11,13H,8-10H2,1-5H3,(H,20,21);1H. The molecule has 2 unspecified atom stereocenters. The molecule has 1 N–H and O–H groups in total. The highest BCUT2D eigenvalue weighted by molar-refractivity contribution is 14.0. The number of ether oxygens (including phenoxy) is 3. The second-order valence-corrected chi connectivity index (χ2v) is 7.07. The predicted octanol–water partition coefficient (Wildman–Crippen LogP) is 2.90. The van der Waals surface area contributed by atoms with Crippen LogP contribution in [0.2, 0.25) is 0 Å². The number of likely N-dealkylation sites (tertiary alicyclic amines) is 1. The Hall–Kier alpha value is -1.23. The van der Waals surface area contributed by atoms with Gasteiger partial charge in [-0.25, -0.2) is 0 Å². The van der Waals surface area contributed by atoms with E-state index in [0.29, 0.717) is 24.6 Å². The fraction of sp³-hybridized carbons (Fsp3) is 0.556. The number of rotatable bonds is 5. The monoisotopic (exact) mass is 555 g/mol. The second kappa shape index (κ2) is 10.9. The number of carbonyl (C=O) groups excluding carboxylic acids is 1. The smallest absolute Gasteiger partial charge is 0.310 e. The van der Waals surface area contributed by atoms with E-state index in [1.807, 2.05) is 12.1 Å². The molecule has 1 heterocycles. The number of nitrogens with zero attached hydrogens (tertiary/aromatic N) is 2. The van der Waals surface area contributed by atoms with Crippen LogP contribution in [0.25, 0.3) is 0 Å². The molecule has 1 fully saturated rings. The van der Waals surface area contributed by atoms with Gasteiger partial charge < -0.3 is 24.4 Å². The maximum atomic E-state index is 11.9. The van der Waals surface area contributed by atoms with Gasteiger partial charge in [0.05, 0.1) is 27.2 Å². The number of hydrogen-bond donors (Lipinski definition) is 1. The normalized spacial score (nSPS) is 19.3. The number of aliphatic imine (C=N–C) groups is 1. The van der Waals surface area contributed by atoms with E-state index >= 15 is 0 Å². The zero-order valence-corrected chi connectivity index (χ0v) is 20.2. The number of methoxy groups -OCH3 is 3. The van der Waals surface area contributed by atoms with Gasteiger partial charge in [0.2, 0.25) is 0 Å². The highest BCUT2D eigenvalue weighted by Crippen LogP contribution is 2.33. The van der Waals surface area contributed by atoms with Crippen LogP contribution in [0.3, 0.4) is 0 Å². The summed E-state index contributed by atoms with van der Waals surface area (Å²) in [4.78, 5) is 18.3. The van der Waals surface area contributed by atoms with Gasteiger partial charge >= 0.3 is 5.97 Å². The van der Waals surface area contributed by atoms with Crippen LogP contribution in [0, 0.1) is 11.8 Å². The van der Waals surface area contributed by atoms with Crippen LogP contribution in [-0.4, -0.2) is 58.3 Å². The third-order valence-corrected chi connectivity index (χ3v) is 5.36. The van der Waals surface area contributed by atoms with Crippen molar-refractivity contribution in [2.75, 3.05) is 41.5 Å². The summed E-state index contributed by atoms with van der Waals surface area (Å²) in [6, 6.07) is 3.80. The van der Waals surface area contributed by atoms with Crippen molar-refractivity contribution in [2.45, 2.75) is 13.5 Å². The molecule has 0 saturated carbocycles. The Kier molecular flexibility index (Phi) is 9.65. The maximum Gasteiger partial charge on any atom is 0.310 e. The first kappa shape index (κ1) is 23.8. The lowest BCUT2D eigenvalue weighted by molar-refractivity contribution is -0.145. The minimum Gasteiger partial charge on any atom is -0.493 e. The molecule has 27 heavy (non-hydrogen) atoms. The largest absolute Gasteiger partial charge is 0.493 e. The summed E-state index contributed by atoms with van der Waals surface area (Å²) < 4.78 is 16.5. The van der Waals surface area contributed by atoms with Crippen molar-refractivity contribution in [3.63, 3.8) is 0 Å². The van der Waals surface area contributed by atoms with Crippen molar-refractivity contribution >= 4 is 51.8 Å². The highest BCUT2D eigenvalue weighted by atomic mass is 127. The Morgan fingerprint density at radius 1 is 1.26 bits per heavy atom. The lowest BCUT2D eigenvalue weighted by Gasteiger charge is -2.22. The number of benzene rings is 1. The van der Waals surface area contributed by atoms with Crippen LogP contribution in [0.15, 0.2) is 21.6 Å². The van der Waals surface area contributed by atoms with Crippen molar-refractivity contribution in [3.05, 3.63) is 22.2 Å². The van der Waals surface area contributed by atoms with Crippen LogP contribution >= 0.6 is 39.9 Å². The first-order chi connectivity index (χ1) is 12.4. The lowest BCUT2D eigenvalue weighted by Crippen LogP contribution is -2.40. The summed E-state index contributed by atoms with van der Waals surface area (Å²) in [6.07, 6.45) is 0. The molecule has 7 nitrogen and oxygen atoms in total. The van der Waals surface area contributed by atoms with Gasteiger partial charge in [-0.1, -0.05) is 22.9 Å². The number of hydrogen-bond acceptors (Lipinski definition) is 5. The second-order valence-electron chi connectivity index (χ2n) is 6.21. The molecule has 1 aromatic carbocycles. The van der Waals surface area contributed by atoms with Crippen LogP contribution in [0.4, 0.5) is 0 Å². The molecule has 1 aliphatic heterocycles. The Bertz CT molecular complexity index is 687.